The van der Waals surface area contributed by atoms with Crippen LogP contribution in [0, 0.1) is 5.41 Å². The van der Waals surface area contributed by atoms with Gasteiger partial charge in [-0.25, -0.2) is 0 Å². The van der Waals surface area contributed by atoms with Gasteiger partial charge in [-0.05, 0) is 12.3 Å². The lowest BCUT2D eigenvalue weighted by Crippen LogP contribution is -2.50. The van der Waals surface area contributed by atoms with Crippen molar-refractivity contribution in [2.75, 3.05) is 0 Å². The first-order valence-corrected chi connectivity index (χ1v) is 4.36. The zero-order valence-corrected chi connectivity index (χ0v) is 9.23. The summed E-state index contributed by atoms with van der Waals surface area (Å²) in [6.07, 6.45) is 0. The number of rotatable bonds is 2. The van der Waals surface area contributed by atoms with Gasteiger partial charge >= 0.3 is 5.97 Å². The number of ketones is 1. The number of alkyl halides is 1. The van der Waals surface area contributed by atoms with Crippen LogP contribution in [0.3, 0.4) is 0 Å². The Bertz CT molecular complexity index is 201. The summed E-state index contributed by atoms with van der Waals surface area (Å²) in [7, 11) is 0. The molecule has 0 aromatic carbocycles. The molecule has 0 bridgehead atoms. The van der Waals surface area contributed by atoms with Gasteiger partial charge in [0.05, 0.1) is 0 Å². The van der Waals surface area contributed by atoms with E-state index in [1.54, 1.807) is 20.8 Å². The Balaban J connectivity index is 5.17. The summed E-state index contributed by atoms with van der Waals surface area (Å²) in [5.41, 5.74) is -0.634. The number of carboxylic acids is 1. The molecule has 0 radical (unpaired) electrons. The summed E-state index contributed by atoms with van der Waals surface area (Å²) in [4.78, 5) is 22.0. The summed E-state index contributed by atoms with van der Waals surface area (Å²) < 4.78 is -1.47. The van der Waals surface area contributed by atoms with Crippen molar-refractivity contribution in [1.82, 2.24) is 0 Å². The van der Waals surface area contributed by atoms with E-state index in [-0.39, 0.29) is 5.78 Å². The maximum atomic E-state index is 11.1. The number of Topliss-reactive ketones (excluding diaryl/α,β-unsaturated/α-hetero) is 1. The van der Waals surface area contributed by atoms with Crippen LogP contribution in [0.1, 0.15) is 27.7 Å². The Morgan fingerprint density at radius 3 is 1.58 bits per heavy atom. The number of carbonyl (C=O) groups is 2. The smallest absolute Gasteiger partial charge is 0.328 e. The molecular formula is C8H13BrO3. The zero-order valence-electron chi connectivity index (χ0n) is 7.64. The number of carboxylic acid groups (broad SMARTS) is 1. The summed E-state index contributed by atoms with van der Waals surface area (Å²) in [6.45, 7) is 6.39. The van der Waals surface area contributed by atoms with Gasteiger partial charge in [-0.1, -0.05) is 36.7 Å². The van der Waals surface area contributed by atoms with Crippen LogP contribution in [0.2, 0.25) is 0 Å². The van der Waals surface area contributed by atoms with Crippen molar-refractivity contribution in [3.63, 3.8) is 0 Å². The van der Waals surface area contributed by atoms with Crippen LogP contribution in [-0.4, -0.2) is 21.2 Å². The lowest BCUT2D eigenvalue weighted by molar-refractivity contribution is -0.146. The van der Waals surface area contributed by atoms with Crippen LogP contribution in [0.25, 0.3) is 0 Å². The minimum absolute atomic E-state index is 0.387. The standard InChI is InChI=1S/C8H13BrO3/c1-5(10)8(9,6(11)12)7(2,3)4/h1-4H3,(H,11,12). The van der Waals surface area contributed by atoms with Crippen LogP contribution in [0.15, 0.2) is 0 Å². The van der Waals surface area contributed by atoms with Crippen molar-refractivity contribution in [1.29, 1.82) is 0 Å². The second-order valence-electron chi connectivity index (χ2n) is 3.77. The maximum absolute atomic E-state index is 11.1. The quantitative estimate of drug-likeness (QED) is 0.588. The maximum Gasteiger partial charge on any atom is 0.328 e. The number of carbonyl (C=O) groups excluding carboxylic acids is 1. The summed E-state index contributed by atoms with van der Waals surface area (Å²) in [6, 6.07) is 0. The minimum atomic E-state index is -1.47. The molecule has 0 heterocycles. The van der Waals surface area contributed by atoms with Crippen LogP contribution >= 0.6 is 15.9 Å². The van der Waals surface area contributed by atoms with Gasteiger partial charge in [0, 0.05) is 0 Å². The van der Waals surface area contributed by atoms with Gasteiger partial charge in [0.25, 0.3) is 0 Å². The van der Waals surface area contributed by atoms with Crippen molar-refractivity contribution in [2.24, 2.45) is 5.41 Å². The van der Waals surface area contributed by atoms with E-state index in [0.717, 1.165) is 0 Å². The third-order valence-corrected chi connectivity index (χ3v) is 3.90. The first-order chi connectivity index (χ1) is 5.14. The third kappa shape index (κ3) is 1.68. The van der Waals surface area contributed by atoms with Crippen LogP contribution in [-0.2, 0) is 9.59 Å². The average Bonchev–Trinajstić information content (AvgIpc) is 1.82. The SMILES string of the molecule is CC(=O)C(Br)(C(=O)O)C(C)(C)C. The molecule has 12 heavy (non-hydrogen) atoms. The monoisotopic (exact) mass is 236 g/mol. The Labute approximate surface area is 80.3 Å². The van der Waals surface area contributed by atoms with E-state index in [2.05, 4.69) is 15.9 Å². The highest BCUT2D eigenvalue weighted by Gasteiger charge is 2.50. The molecule has 1 N–H and O–H groups in total. The lowest BCUT2D eigenvalue weighted by atomic mass is 9.78. The second-order valence-corrected chi connectivity index (χ2v) is 4.96. The highest BCUT2D eigenvalue weighted by Crippen LogP contribution is 2.39. The molecule has 1 atom stereocenters. The lowest BCUT2D eigenvalue weighted by Gasteiger charge is -2.33. The van der Waals surface area contributed by atoms with E-state index in [0.29, 0.717) is 0 Å². The molecule has 0 amide bonds. The van der Waals surface area contributed by atoms with Gasteiger partial charge in [-0.2, -0.15) is 0 Å². The van der Waals surface area contributed by atoms with E-state index in [4.69, 9.17) is 5.11 Å². The van der Waals surface area contributed by atoms with Gasteiger partial charge < -0.3 is 5.11 Å². The Morgan fingerprint density at radius 1 is 1.25 bits per heavy atom. The Morgan fingerprint density at radius 2 is 1.58 bits per heavy atom. The summed E-state index contributed by atoms with van der Waals surface area (Å²) >= 11 is 2.99. The highest BCUT2D eigenvalue weighted by molar-refractivity contribution is 9.10. The summed E-state index contributed by atoms with van der Waals surface area (Å²) in [5, 5.41) is 8.87. The third-order valence-electron chi connectivity index (χ3n) is 1.81. The fourth-order valence-corrected chi connectivity index (χ4v) is 0.999. The molecule has 0 aliphatic heterocycles. The first kappa shape index (κ1) is 11.6. The Hall–Kier alpha value is -0.380. The molecule has 0 saturated heterocycles. The molecule has 70 valence electrons. The van der Waals surface area contributed by atoms with Crippen LogP contribution in [0.5, 0.6) is 0 Å². The normalized spacial score (nSPS) is 16.8. The molecule has 0 aliphatic carbocycles. The van der Waals surface area contributed by atoms with Crippen molar-refractivity contribution < 1.29 is 14.7 Å². The van der Waals surface area contributed by atoms with Crippen LogP contribution < -0.4 is 0 Å². The van der Waals surface area contributed by atoms with Crippen molar-refractivity contribution in [3.8, 4) is 0 Å². The number of hydrogen-bond donors (Lipinski definition) is 1. The molecule has 1 unspecified atom stereocenters. The highest BCUT2D eigenvalue weighted by atomic mass is 79.9. The summed E-state index contributed by atoms with van der Waals surface area (Å²) in [5.74, 6) is -1.52. The topological polar surface area (TPSA) is 54.4 Å². The van der Waals surface area contributed by atoms with Gasteiger partial charge in [-0.3, -0.25) is 9.59 Å². The Kier molecular flexibility index (Phi) is 3.07. The van der Waals surface area contributed by atoms with E-state index in [9.17, 15) is 9.59 Å². The van der Waals surface area contributed by atoms with Crippen molar-refractivity contribution in [3.05, 3.63) is 0 Å². The van der Waals surface area contributed by atoms with E-state index < -0.39 is 15.7 Å². The fraction of sp³-hybridized carbons (Fsp3) is 0.750. The molecule has 0 rings (SSSR count). The van der Waals surface area contributed by atoms with Gasteiger partial charge in [0.2, 0.25) is 0 Å². The molecule has 0 aromatic heterocycles. The molecular weight excluding hydrogens is 224 g/mol. The molecule has 3 nitrogen and oxygen atoms in total. The molecule has 0 spiro atoms. The average molecular weight is 237 g/mol. The second kappa shape index (κ2) is 3.17. The predicted octanol–water partition coefficient (Wildman–Crippen LogP) is 1.84. The molecule has 4 heteroatoms. The van der Waals surface area contributed by atoms with Gasteiger partial charge in [0.1, 0.15) is 0 Å². The van der Waals surface area contributed by atoms with Crippen molar-refractivity contribution >= 4 is 27.7 Å². The molecule has 0 aliphatic rings. The van der Waals surface area contributed by atoms with E-state index in [1.807, 2.05) is 0 Å². The van der Waals surface area contributed by atoms with Crippen molar-refractivity contribution in [2.45, 2.75) is 32.0 Å². The molecule has 0 saturated carbocycles. The number of halogens is 1. The zero-order chi connectivity index (χ0) is 10.2. The first-order valence-electron chi connectivity index (χ1n) is 3.57. The predicted molar refractivity (Wildman–Crippen MR) is 49.4 cm³/mol. The fourth-order valence-electron chi connectivity index (χ4n) is 0.999. The molecule has 0 aromatic rings. The van der Waals surface area contributed by atoms with Crippen LogP contribution in [0.4, 0.5) is 0 Å². The van der Waals surface area contributed by atoms with Gasteiger partial charge in [-0.15, -0.1) is 0 Å². The van der Waals surface area contributed by atoms with E-state index in [1.165, 1.54) is 6.92 Å². The largest absolute Gasteiger partial charge is 0.480 e. The molecule has 0 fully saturated rings. The van der Waals surface area contributed by atoms with Gasteiger partial charge in [0.15, 0.2) is 10.1 Å². The number of hydrogen-bond acceptors (Lipinski definition) is 2. The number of aliphatic carboxylic acids is 1. The van der Waals surface area contributed by atoms with E-state index >= 15 is 0 Å². The minimum Gasteiger partial charge on any atom is -0.480 e.